The minimum absolute atomic E-state index is 4.30. The van der Waals surface area contributed by atoms with Crippen molar-refractivity contribution in [2.75, 3.05) is 0 Å². The number of ketones is 2. The number of Topliss-reactive ketones (excluding diaryl/α,β-unsaturated/α-hetero) is 2. The molecule has 0 heterocycles. The van der Waals surface area contributed by atoms with Crippen molar-refractivity contribution >= 4 is 11.6 Å². The molecule has 0 amide bonds. The smallest absolute Gasteiger partial charge is 0.285 e. The minimum atomic E-state index is -6.85. The van der Waals surface area contributed by atoms with Crippen LogP contribution in [0.4, 0.5) is 43.9 Å². The van der Waals surface area contributed by atoms with E-state index in [1.165, 1.54) is 0 Å². The largest absolute Gasteiger partial charge is 0.461 e. The van der Waals surface area contributed by atoms with Crippen LogP contribution in [0.3, 0.4) is 0 Å². The number of carbonyl (C=O) groups excluding carboxylic acids is 2. The molecular formula is C6F10O2. The highest BCUT2D eigenvalue weighted by Crippen LogP contribution is 2.41. The summed E-state index contributed by atoms with van der Waals surface area (Å²) in [7, 11) is 0. The Morgan fingerprint density at radius 2 is 0.944 bits per heavy atom. The molecule has 0 spiro atoms. The second kappa shape index (κ2) is 4.09. The third-order valence-electron chi connectivity index (χ3n) is 1.47. The summed E-state index contributed by atoms with van der Waals surface area (Å²) in [5, 5.41) is 0. The normalized spacial score (nSPS) is 14.6. The fraction of sp³-hybridized carbons (Fsp3) is 0.667. The first-order valence-corrected chi connectivity index (χ1v) is 3.55. The van der Waals surface area contributed by atoms with Crippen LogP contribution in [0.15, 0.2) is 0 Å². The summed E-state index contributed by atoms with van der Waals surface area (Å²) >= 11 is 0. The molecule has 0 aliphatic heterocycles. The molecule has 18 heavy (non-hydrogen) atoms. The molecule has 0 fully saturated rings. The van der Waals surface area contributed by atoms with Gasteiger partial charge in [0.25, 0.3) is 5.78 Å². The third-order valence-corrected chi connectivity index (χ3v) is 1.47. The number of halogens is 10. The Balaban J connectivity index is 5.54. The molecule has 0 atom stereocenters. The van der Waals surface area contributed by atoms with Gasteiger partial charge in [-0.3, -0.25) is 9.59 Å². The lowest BCUT2D eigenvalue weighted by molar-refractivity contribution is -0.277. The van der Waals surface area contributed by atoms with Gasteiger partial charge in [-0.1, -0.05) is 0 Å². The lowest BCUT2D eigenvalue weighted by Gasteiger charge is -2.22. The molecule has 0 N–H and O–H groups in total. The molecule has 2 nitrogen and oxygen atoms in total. The summed E-state index contributed by atoms with van der Waals surface area (Å²) in [5.41, 5.74) is 0. The maximum atomic E-state index is 12.3. The molecule has 0 aliphatic carbocycles. The second-order valence-electron chi connectivity index (χ2n) is 2.80. The predicted molar refractivity (Wildman–Crippen MR) is 32.0 cm³/mol. The van der Waals surface area contributed by atoms with Crippen LogP contribution >= 0.6 is 0 Å². The van der Waals surface area contributed by atoms with Crippen LogP contribution < -0.4 is 0 Å². The number of hydrogen-bond acceptors (Lipinski definition) is 2. The molecule has 0 aliphatic rings. The highest BCUT2D eigenvalue weighted by atomic mass is 19.4. The van der Waals surface area contributed by atoms with Crippen LogP contribution in [0.25, 0.3) is 0 Å². The predicted octanol–water partition coefficient (Wildman–Crippen LogP) is 2.52. The fourth-order valence-corrected chi connectivity index (χ4v) is 0.607. The average Bonchev–Trinajstić information content (AvgIpc) is 2.11. The van der Waals surface area contributed by atoms with E-state index in [1.807, 2.05) is 0 Å². The molecule has 0 aromatic rings. The van der Waals surface area contributed by atoms with Gasteiger partial charge < -0.3 is 0 Å². The number of alkyl halides is 10. The summed E-state index contributed by atoms with van der Waals surface area (Å²) in [6, 6.07) is 0. The van der Waals surface area contributed by atoms with E-state index >= 15 is 0 Å². The van der Waals surface area contributed by atoms with Crippen LogP contribution in [0.1, 0.15) is 0 Å². The molecule has 106 valence electrons. The van der Waals surface area contributed by atoms with Crippen molar-refractivity contribution in [2.24, 2.45) is 0 Å². The van der Waals surface area contributed by atoms with Crippen LogP contribution in [-0.2, 0) is 9.59 Å². The molecule has 12 heteroatoms. The SMILES string of the molecule is O=C(C(F)(F)F)C(F)(F)C(=O)C(F)(F)C(F)(F)F. The minimum Gasteiger partial charge on any atom is -0.285 e. The Hall–Kier alpha value is -1.36. The van der Waals surface area contributed by atoms with Crippen LogP contribution in [0, 0.1) is 0 Å². The molecule has 0 unspecified atom stereocenters. The van der Waals surface area contributed by atoms with Gasteiger partial charge in [-0.2, -0.15) is 43.9 Å². The van der Waals surface area contributed by atoms with E-state index in [4.69, 9.17) is 0 Å². The molecule has 0 aromatic heterocycles. The maximum Gasteiger partial charge on any atom is 0.461 e. The van der Waals surface area contributed by atoms with Gasteiger partial charge in [0, 0.05) is 0 Å². The van der Waals surface area contributed by atoms with Gasteiger partial charge in [0.2, 0.25) is 0 Å². The molecule has 0 rings (SSSR count). The number of carbonyl (C=O) groups is 2. The first kappa shape index (κ1) is 16.6. The van der Waals surface area contributed by atoms with Gasteiger partial charge >= 0.3 is 30.0 Å². The van der Waals surface area contributed by atoms with Gasteiger partial charge in [0.1, 0.15) is 0 Å². The zero-order valence-electron chi connectivity index (χ0n) is 7.60. The van der Waals surface area contributed by atoms with Crippen molar-refractivity contribution in [1.82, 2.24) is 0 Å². The van der Waals surface area contributed by atoms with E-state index in [1.54, 1.807) is 0 Å². The van der Waals surface area contributed by atoms with Crippen molar-refractivity contribution in [2.45, 2.75) is 24.2 Å². The molecule has 0 saturated carbocycles. The third kappa shape index (κ3) is 2.72. The zero-order valence-corrected chi connectivity index (χ0v) is 7.60. The lowest BCUT2D eigenvalue weighted by Crippen LogP contribution is -2.57. The average molecular weight is 294 g/mol. The van der Waals surface area contributed by atoms with Crippen molar-refractivity contribution in [3.8, 4) is 0 Å². The van der Waals surface area contributed by atoms with Gasteiger partial charge in [-0.15, -0.1) is 0 Å². The van der Waals surface area contributed by atoms with E-state index in [2.05, 4.69) is 0 Å². The summed E-state index contributed by atoms with van der Waals surface area (Å²) in [6.45, 7) is 0. The quantitative estimate of drug-likeness (QED) is 0.592. The van der Waals surface area contributed by atoms with E-state index < -0.39 is 35.8 Å². The summed E-state index contributed by atoms with van der Waals surface area (Å²) in [5.74, 6) is -22.1. The van der Waals surface area contributed by atoms with Gasteiger partial charge in [-0.05, 0) is 0 Å². The molecule has 0 bridgehead atoms. The van der Waals surface area contributed by atoms with Crippen LogP contribution in [0.2, 0.25) is 0 Å². The van der Waals surface area contributed by atoms with E-state index in [-0.39, 0.29) is 0 Å². The van der Waals surface area contributed by atoms with E-state index in [9.17, 15) is 53.5 Å². The Kier molecular flexibility index (Phi) is 3.78. The zero-order chi connectivity index (χ0) is 15.2. The van der Waals surface area contributed by atoms with Crippen molar-refractivity contribution < 1.29 is 53.5 Å². The first-order chi connectivity index (χ1) is 7.56. The molecule has 0 aromatic carbocycles. The topological polar surface area (TPSA) is 34.1 Å². The summed E-state index contributed by atoms with van der Waals surface area (Å²) in [4.78, 5) is 20.0. The summed E-state index contributed by atoms with van der Waals surface area (Å²) < 4.78 is 118. The highest BCUT2D eigenvalue weighted by Gasteiger charge is 2.73. The van der Waals surface area contributed by atoms with Crippen molar-refractivity contribution in [3.05, 3.63) is 0 Å². The maximum absolute atomic E-state index is 12.3. The Labute approximate surface area is 90.5 Å². The van der Waals surface area contributed by atoms with Gasteiger partial charge in [0.05, 0.1) is 0 Å². The Morgan fingerprint density at radius 1 is 0.611 bits per heavy atom. The molecule has 0 radical (unpaired) electrons. The monoisotopic (exact) mass is 294 g/mol. The fourth-order valence-electron chi connectivity index (χ4n) is 0.607. The Bertz CT molecular complexity index is 362. The van der Waals surface area contributed by atoms with E-state index in [0.29, 0.717) is 0 Å². The number of hydrogen-bond donors (Lipinski definition) is 0. The van der Waals surface area contributed by atoms with Gasteiger partial charge in [-0.25, -0.2) is 0 Å². The standard InChI is InChI=1S/C6F10O2/c7-3(8,2(18)5(11,12)13)1(17)4(9,10)6(14,15)16. The lowest BCUT2D eigenvalue weighted by atomic mass is 10.0. The number of rotatable bonds is 3. The van der Waals surface area contributed by atoms with Crippen LogP contribution in [-0.4, -0.2) is 35.8 Å². The molecule has 0 saturated heterocycles. The summed E-state index contributed by atoms with van der Waals surface area (Å²) in [6.07, 6.45) is -13.3. The van der Waals surface area contributed by atoms with Crippen LogP contribution in [0.5, 0.6) is 0 Å². The first-order valence-electron chi connectivity index (χ1n) is 3.55. The van der Waals surface area contributed by atoms with Gasteiger partial charge in [0.15, 0.2) is 0 Å². The molecular weight excluding hydrogens is 294 g/mol. The highest BCUT2D eigenvalue weighted by molar-refractivity contribution is 6.13. The van der Waals surface area contributed by atoms with Crippen molar-refractivity contribution in [1.29, 1.82) is 0 Å². The van der Waals surface area contributed by atoms with Crippen molar-refractivity contribution in [3.63, 3.8) is 0 Å². The van der Waals surface area contributed by atoms with E-state index in [0.717, 1.165) is 0 Å². The Morgan fingerprint density at radius 3 is 1.17 bits per heavy atom. The second-order valence-corrected chi connectivity index (χ2v) is 2.80.